The van der Waals surface area contributed by atoms with E-state index in [0.717, 1.165) is 6.54 Å². The molecule has 1 N–H and O–H groups in total. The van der Waals surface area contributed by atoms with E-state index in [1.54, 1.807) is 0 Å². The number of nitrogens with zero attached hydrogens (tertiary/aromatic N) is 1. The van der Waals surface area contributed by atoms with Crippen LogP contribution in [-0.2, 0) is 0 Å². The van der Waals surface area contributed by atoms with Gasteiger partial charge in [-0.1, -0.05) is 6.07 Å². The van der Waals surface area contributed by atoms with Gasteiger partial charge in [-0.25, -0.2) is 0 Å². The maximum Gasteiger partial charge on any atom is 0.0413 e. The summed E-state index contributed by atoms with van der Waals surface area (Å²) in [4.78, 5) is 4.07. The van der Waals surface area contributed by atoms with Gasteiger partial charge >= 0.3 is 0 Å². The van der Waals surface area contributed by atoms with Gasteiger partial charge in [-0.15, -0.1) is 11.3 Å². The molecule has 1 aliphatic heterocycles. The predicted molar refractivity (Wildman–Crippen MR) is 61.8 cm³/mol. The fraction of sp³-hybridized carbons (Fsp3) is 0.636. The maximum absolute atomic E-state index is 3.44. The highest BCUT2D eigenvalue weighted by molar-refractivity contribution is 7.10. The van der Waals surface area contributed by atoms with Gasteiger partial charge in [0.2, 0.25) is 0 Å². The van der Waals surface area contributed by atoms with E-state index in [-0.39, 0.29) is 0 Å². The Morgan fingerprint density at radius 2 is 2.36 bits per heavy atom. The third-order valence-corrected chi connectivity index (χ3v) is 3.92. The minimum atomic E-state index is 0.592. The number of hydrogen-bond donors (Lipinski definition) is 1. The van der Waals surface area contributed by atoms with Crippen molar-refractivity contribution in [2.75, 3.05) is 26.2 Å². The Labute approximate surface area is 89.9 Å². The molecule has 0 spiro atoms. The molecule has 0 aromatic carbocycles. The van der Waals surface area contributed by atoms with Crippen molar-refractivity contribution in [1.29, 1.82) is 0 Å². The molecule has 2 nitrogen and oxygen atoms in total. The van der Waals surface area contributed by atoms with Crippen LogP contribution in [0.5, 0.6) is 0 Å². The van der Waals surface area contributed by atoms with Crippen LogP contribution in [-0.4, -0.2) is 31.1 Å². The van der Waals surface area contributed by atoms with E-state index < -0.39 is 0 Å². The molecule has 2 heterocycles. The minimum Gasteiger partial charge on any atom is -0.315 e. The molecule has 1 fully saturated rings. The second-order valence-corrected chi connectivity index (χ2v) is 4.81. The zero-order valence-corrected chi connectivity index (χ0v) is 9.52. The standard InChI is InChI=1S/C11H18N2S/c1-10(11-4-2-9-14-11)13-7-3-5-12-6-8-13/h2,4,9-10,12H,3,5-8H2,1H3. The summed E-state index contributed by atoms with van der Waals surface area (Å²) in [6.45, 7) is 7.03. The molecule has 1 saturated heterocycles. The number of rotatable bonds is 2. The van der Waals surface area contributed by atoms with Gasteiger partial charge in [-0.3, -0.25) is 4.90 Å². The average Bonchev–Trinajstić information content (AvgIpc) is 2.59. The van der Waals surface area contributed by atoms with E-state index in [2.05, 4.69) is 34.7 Å². The van der Waals surface area contributed by atoms with E-state index in [9.17, 15) is 0 Å². The summed E-state index contributed by atoms with van der Waals surface area (Å²) < 4.78 is 0. The summed E-state index contributed by atoms with van der Waals surface area (Å²) in [5.74, 6) is 0. The van der Waals surface area contributed by atoms with Crippen molar-refractivity contribution in [3.8, 4) is 0 Å². The third kappa shape index (κ3) is 2.35. The van der Waals surface area contributed by atoms with Gasteiger partial charge in [-0.2, -0.15) is 0 Å². The molecule has 1 aromatic heterocycles. The van der Waals surface area contributed by atoms with E-state index >= 15 is 0 Å². The first-order chi connectivity index (χ1) is 6.88. The lowest BCUT2D eigenvalue weighted by Crippen LogP contribution is -2.30. The minimum absolute atomic E-state index is 0.592. The van der Waals surface area contributed by atoms with Gasteiger partial charge in [0.05, 0.1) is 0 Å². The van der Waals surface area contributed by atoms with Crippen molar-refractivity contribution < 1.29 is 0 Å². The van der Waals surface area contributed by atoms with E-state index in [1.807, 2.05) is 11.3 Å². The molecule has 0 bridgehead atoms. The second kappa shape index (κ2) is 4.91. The Bertz CT molecular complexity index is 250. The van der Waals surface area contributed by atoms with Crippen LogP contribution in [0.25, 0.3) is 0 Å². The smallest absolute Gasteiger partial charge is 0.0413 e. The highest BCUT2D eigenvalue weighted by Crippen LogP contribution is 2.24. The van der Waals surface area contributed by atoms with Crippen LogP contribution >= 0.6 is 11.3 Å². The summed E-state index contributed by atoms with van der Waals surface area (Å²) in [6.07, 6.45) is 1.27. The molecule has 78 valence electrons. The lowest BCUT2D eigenvalue weighted by Gasteiger charge is -2.26. The second-order valence-electron chi connectivity index (χ2n) is 3.83. The Kier molecular flexibility index (Phi) is 3.56. The molecule has 0 radical (unpaired) electrons. The van der Waals surface area contributed by atoms with E-state index in [0.29, 0.717) is 6.04 Å². The van der Waals surface area contributed by atoms with E-state index in [4.69, 9.17) is 0 Å². The van der Waals surface area contributed by atoms with Crippen LogP contribution in [0, 0.1) is 0 Å². The van der Waals surface area contributed by atoms with Crippen molar-refractivity contribution in [3.63, 3.8) is 0 Å². The molecule has 1 aromatic rings. The predicted octanol–water partition coefficient (Wildman–Crippen LogP) is 2.10. The zero-order chi connectivity index (χ0) is 9.80. The summed E-state index contributed by atoms with van der Waals surface area (Å²) in [7, 11) is 0. The number of hydrogen-bond acceptors (Lipinski definition) is 3. The topological polar surface area (TPSA) is 15.3 Å². The molecule has 0 amide bonds. The number of thiophene rings is 1. The van der Waals surface area contributed by atoms with Crippen molar-refractivity contribution in [2.45, 2.75) is 19.4 Å². The highest BCUT2D eigenvalue weighted by Gasteiger charge is 2.17. The molecule has 0 aliphatic carbocycles. The molecular weight excluding hydrogens is 192 g/mol. The van der Waals surface area contributed by atoms with Crippen molar-refractivity contribution in [1.82, 2.24) is 10.2 Å². The summed E-state index contributed by atoms with van der Waals surface area (Å²) in [5.41, 5.74) is 0. The Hall–Kier alpha value is -0.380. The molecule has 1 aliphatic rings. The molecule has 0 saturated carbocycles. The summed E-state index contributed by atoms with van der Waals surface area (Å²) in [6, 6.07) is 4.98. The molecule has 1 atom stereocenters. The molecule has 1 unspecified atom stereocenters. The average molecular weight is 210 g/mol. The van der Waals surface area contributed by atoms with Gasteiger partial charge in [-0.05, 0) is 31.3 Å². The fourth-order valence-corrected chi connectivity index (χ4v) is 2.78. The van der Waals surface area contributed by atoms with Crippen LogP contribution < -0.4 is 5.32 Å². The third-order valence-electron chi connectivity index (χ3n) is 2.88. The highest BCUT2D eigenvalue weighted by atomic mass is 32.1. The number of nitrogens with one attached hydrogen (secondary N) is 1. The maximum atomic E-state index is 3.44. The van der Waals surface area contributed by atoms with Gasteiger partial charge in [0, 0.05) is 30.6 Å². The van der Waals surface area contributed by atoms with Crippen LogP contribution in [0.4, 0.5) is 0 Å². The van der Waals surface area contributed by atoms with Crippen LogP contribution in [0.3, 0.4) is 0 Å². The van der Waals surface area contributed by atoms with Gasteiger partial charge in [0.15, 0.2) is 0 Å². The van der Waals surface area contributed by atoms with E-state index in [1.165, 1.54) is 30.9 Å². The summed E-state index contributed by atoms with van der Waals surface area (Å²) >= 11 is 1.87. The van der Waals surface area contributed by atoms with Crippen LogP contribution in [0.2, 0.25) is 0 Å². The van der Waals surface area contributed by atoms with Crippen molar-refractivity contribution in [3.05, 3.63) is 22.4 Å². The lowest BCUT2D eigenvalue weighted by molar-refractivity contribution is 0.228. The summed E-state index contributed by atoms with van der Waals surface area (Å²) in [5, 5.41) is 5.61. The van der Waals surface area contributed by atoms with Crippen LogP contribution in [0.15, 0.2) is 17.5 Å². The normalized spacial score (nSPS) is 21.8. The lowest BCUT2D eigenvalue weighted by atomic mass is 10.2. The van der Waals surface area contributed by atoms with Gasteiger partial charge < -0.3 is 5.32 Å². The largest absolute Gasteiger partial charge is 0.315 e. The Morgan fingerprint density at radius 1 is 1.43 bits per heavy atom. The molecule has 2 rings (SSSR count). The SMILES string of the molecule is CC(c1cccs1)N1CCCNCC1. The molecular formula is C11H18N2S. The first-order valence-electron chi connectivity index (χ1n) is 5.36. The van der Waals surface area contributed by atoms with Crippen LogP contribution in [0.1, 0.15) is 24.3 Å². The monoisotopic (exact) mass is 210 g/mol. The van der Waals surface area contributed by atoms with Crippen molar-refractivity contribution in [2.24, 2.45) is 0 Å². The molecule has 14 heavy (non-hydrogen) atoms. The zero-order valence-electron chi connectivity index (χ0n) is 8.70. The first-order valence-corrected chi connectivity index (χ1v) is 6.24. The fourth-order valence-electron chi connectivity index (χ4n) is 1.96. The molecule has 3 heteroatoms. The Balaban J connectivity index is 1.99. The van der Waals surface area contributed by atoms with Gasteiger partial charge in [0.1, 0.15) is 0 Å². The van der Waals surface area contributed by atoms with Crippen molar-refractivity contribution >= 4 is 11.3 Å². The quantitative estimate of drug-likeness (QED) is 0.804. The first kappa shape index (κ1) is 10.1. The Morgan fingerprint density at radius 3 is 3.14 bits per heavy atom. The van der Waals surface area contributed by atoms with Gasteiger partial charge in [0.25, 0.3) is 0 Å².